The second-order valence-corrected chi connectivity index (χ2v) is 4.75. The van der Waals surface area contributed by atoms with Gasteiger partial charge in [-0.25, -0.2) is 0 Å². The van der Waals surface area contributed by atoms with Gasteiger partial charge in [0.05, 0.1) is 5.92 Å². The summed E-state index contributed by atoms with van der Waals surface area (Å²) in [5, 5.41) is 2.87. The van der Waals surface area contributed by atoms with Crippen LogP contribution in [0.25, 0.3) is 0 Å². The molecule has 3 nitrogen and oxygen atoms in total. The van der Waals surface area contributed by atoms with Crippen molar-refractivity contribution in [2.75, 3.05) is 6.54 Å². The summed E-state index contributed by atoms with van der Waals surface area (Å²) in [4.78, 5) is 11.9. The highest BCUT2D eigenvalue weighted by atomic mass is 16.1. The van der Waals surface area contributed by atoms with Gasteiger partial charge < -0.3 is 11.1 Å². The van der Waals surface area contributed by atoms with Gasteiger partial charge in [0.2, 0.25) is 5.91 Å². The number of carbonyl (C=O) groups is 1. The SMILES string of the molecule is CC(C)=CCNC(=O)C(C)C(N)c1ccccc1. The Hall–Kier alpha value is -1.61. The molecular formula is C15H22N2O. The topological polar surface area (TPSA) is 55.1 Å². The van der Waals surface area contributed by atoms with Crippen LogP contribution in [0.2, 0.25) is 0 Å². The highest BCUT2D eigenvalue weighted by Gasteiger charge is 2.21. The van der Waals surface area contributed by atoms with E-state index >= 15 is 0 Å². The molecule has 1 aromatic carbocycles. The van der Waals surface area contributed by atoms with Crippen LogP contribution in [0.3, 0.4) is 0 Å². The Kier molecular flexibility index (Phi) is 5.59. The summed E-state index contributed by atoms with van der Waals surface area (Å²) in [6, 6.07) is 9.44. The minimum atomic E-state index is -0.266. The largest absolute Gasteiger partial charge is 0.352 e. The highest BCUT2D eigenvalue weighted by Crippen LogP contribution is 2.18. The molecule has 1 amide bonds. The Morgan fingerprint density at radius 1 is 1.33 bits per heavy atom. The Balaban J connectivity index is 2.56. The van der Waals surface area contributed by atoms with Gasteiger partial charge in [0, 0.05) is 12.6 Å². The maximum atomic E-state index is 11.9. The fourth-order valence-electron chi connectivity index (χ4n) is 1.64. The molecule has 2 unspecified atom stereocenters. The van der Waals surface area contributed by atoms with Crippen molar-refractivity contribution < 1.29 is 4.79 Å². The number of carbonyl (C=O) groups excluding carboxylic acids is 1. The number of nitrogens with two attached hydrogens (primary N) is 1. The minimum absolute atomic E-state index is 0.0103. The van der Waals surface area contributed by atoms with E-state index in [0.29, 0.717) is 6.54 Å². The summed E-state index contributed by atoms with van der Waals surface area (Å²) in [6.45, 7) is 6.43. The molecule has 3 heteroatoms. The van der Waals surface area contributed by atoms with E-state index in [2.05, 4.69) is 5.32 Å². The lowest BCUT2D eigenvalue weighted by molar-refractivity contribution is -0.124. The highest BCUT2D eigenvalue weighted by molar-refractivity contribution is 5.79. The van der Waals surface area contributed by atoms with Gasteiger partial charge in [0.25, 0.3) is 0 Å². The summed E-state index contributed by atoms with van der Waals surface area (Å²) in [5.41, 5.74) is 8.27. The molecule has 2 atom stereocenters. The molecule has 1 rings (SSSR count). The molecule has 0 saturated heterocycles. The van der Waals surface area contributed by atoms with Crippen molar-refractivity contribution in [3.8, 4) is 0 Å². The molecule has 0 spiro atoms. The molecule has 98 valence electrons. The second kappa shape index (κ2) is 6.97. The predicted molar refractivity (Wildman–Crippen MR) is 75.0 cm³/mol. The molecule has 0 aliphatic rings. The molecule has 0 fully saturated rings. The third kappa shape index (κ3) is 4.34. The number of amides is 1. The van der Waals surface area contributed by atoms with Crippen molar-refractivity contribution in [2.24, 2.45) is 11.7 Å². The van der Waals surface area contributed by atoms with Crippen molar-refractivity contribution >= 4 is 5.91 Å². The first kappa shape index (κ1) is 14.5. The molecule has 0 bridgehead atoms. The zero-order valence-corrected chi connectivity index (χ0v) is 11.3. The summed E-state index contributed by atoms with van der Waals surface area (Å²) in [7, 11) is 0. The van der Waals surface area contributed by atoms with Gasteiger partial charge in [-0.1, -0.05) is 48.9 Å². The zero-order chi connectivity index (χ0) is 13.5. The van der Waals surface area contributed by atoms with Gasteiger partial charge in [0.1, 0.15) is 0 Å². The summed E-state index contributed by atoms with van der Waals surface area (Å²) < 4.78 is 0. The Labute approximate surface area is 109 Å². The van der Waals surface area contributed by atoms with Crippen LogP contribution in [0.5, 0.6) is 0 Å². The molecule has 0 saturated carbocycles. The third-order valence-electron chi connectivity index (χ3n) is 2.92. The molecule has 0 heterocycles. The van der Waals surface area contributed by atoms with Crippen molar-refractivity contribution in [3.63, 3.8) is 0 Å². The lowest BCUT2D eigenvalue weighted by Crippen LogP contribution is -2.35. The number of allylic oxidation sites excluding steroid dienone is 1. The van der Waals surface area contributed by atoms with Crippen LogP contribution in [0, 0.1) is 5.92 Å². The van der Waals surface area contributed by atoms with E-state index in [9.17, 15) is 4.79 Å². The van der Waals surface area contributed by atoms with E-state index in [1.54, 1.807) is 0 Å². The van der Waals surface area contributed by atoms with Crippen LogP contribution in [-0.2, 0) is 4.79 Å². The Bertz CT molecular complexity index is 408. The van der Waals surface area contributed by atoms with Gasteiger partial charge in [-0.15, -0.1) is 0 Å². The molecule has 1 aromatic rings. The molecule has 0 aromatic heterocycles. The van der Waals surface area contributed by atoms with Crippen LogP contribution in [-0.4, -0.2) is 12.5 Å². The summed E-state index contributed by atoms with van der Waals surface area (Å²) in [6.07, 6.45) is 1.98. The van der Waals surface area contributed by atoms with Crippen molar-refractivity contribution in [3.05, 3.63) is 47.5 Å². The first-order chi connectivity index (χ1) is 8.52. The second-order valence-electron chi connectivity index (χ2n) is 4.75. The lowest BCUT2D eigenvalue weighted by Gasteiger charge is -2.19. The van der Waals surface area contributed by atoms with Crippen LogP contribution < -0.4 is 11.1 Å². The van der Waals surface area contributed by atoms with Gasteiger partial charge in [-0.05, 0) is 19.4 Å². The fraction of sp³-hybridized carbons (Fsp3) is 0.400. The minimum Gasteiger partial charge on any atom is -0.352 e. The standard InChI is InChI=1S/C15H22N2O/c1-11(2)9-10-17-15(18)12(3)14(16)13-7-5-4-6-8-13/h4-9,12,14H,10,16H2,1-3H3,(H,17,18). The Morgan fingerprint density at radius 2 is 1.94 bits per heavy atom. The third-order valence-corrected chi connectivity index (χ3v) is 2.92. The number of hydrogen-bond acceptors (Lipinski definition) is 2. The summed E-state index contributed by atoms with van der Waals surface area (Å²) >= 11 is 0. The molecule has 3 N–H and O–H groups in total. The molecule has 0 radical (unpaired) electrons. The van der Waals surface area contributed by atoms with Crippen molar-refractivity contribution in [1.82, 2.24) is 5.32 Å². The van der Waals surface area contributed by atoms with E-state index in [4.69, 9.17) is 5.73 Å². The first-order valence-corrected chi connectivity index (χ1v) is 6.24. The monoisotopic (exact) mass is 246 g/mol. The molecular weight excluding hydrogens is 224 g/mol. The molecule has 18 heavy (non-hydrogen) atoms. The lowest BCUT2D eigenvalue weighted by atomic mass is 9.95. The smallest absolute Gasteiger partial charge is 0.224 e. The maximum Gasteiger partial charge on any atom is 0.224 e. The Morgan fingerprint density at radius 3 is 2.50 bits per heavy atom. The van der Waals surface area contributed by atoms with E-state index in [1.807, 2.05) is 57.2 Å². The van der Waals surface area contributed by atoms with Crippen LogP contribution >= 0.6 is 0 Å². The van der Waals surface area contributed by atoms with Gasteiger partial charge in [0.15, 0.2) is 0 Å². The number of benzene rings is 1. The van der Waals surface area contributed by atoms with Crippen molar-refractivity contribution in [2.45, 2.75) is 26.8 Å². The van der Waals surface area contributed by atoms with E-state index < -0.39 is 0 Å². The van der Waals surface area contributed by atoms with Crippen LogP contribution in [0.1, 0.15) is 32.4 Å². The zero-order valence-electron chi connectivity index (χ0n) is 11.3. The normalized spacial score (nSPS) is 13.6. The summed E-state index contributed by atoms with van der Waals surface area (Å²) in [5.74, 6) is -0.248. The fourth-order valence-corrected chi connectivity index (χ4v) is 1.64. The van der Waals surface area contributed by atoms with E-state index in [-0.39, 0.29) is 17.9 Å². The molecule has 0 aliphatic carbocycles. The van der Waals surface area contributed by atoms with Gasteiger partial charge in [-0.3, -0.25) is 4.79 Å². The van der Waals surface area contributed by atoms with E-state index in [1.165, 1.54) is 5.57 Å². The maximum absolute atomic E-state index is 11.9. The average Bonchev–Trinajstić information content (AvgIpc) is 2.37. The van der Waals surface area contributed by atoms with Crippen molar-refractivity contribution in [1.29, 1.82) is 0 Å². The number of hydrogen-bond donors (Lipinski definition) is 2. The molecule has 0 aliphatic heterocycles. The quantitative estimate of drug-likeness (QED) is 0.784. The average molecular weight is 246 g/mol. The number of rotatable bonds is 5. The predicted octanol–water partition coefficient (Wildman–Crippen LogP) is 2.40. The van der Waals surface area contributed by atoms with Gasteiger partial charge >= 0.3 is 0 Å². The van der Waals surface area contributed by atoms with Gasteiger partial charge in [-0.2, -0.15) is 0 Å². The van der Waals surface area contributed by atoms with Crippen LogP contribution in [0.15, 0.2) is 42.0 Å². The van der Waals surface area contributed by atoms with Crippen LogP contribution in [0.4, 0.5) is 0 Å². The van der Waals surface area contributed by atoms with E-state index in [0.717, 1.165) is 5.56 Å². The first-order valence-electron chi connectivity index (χ1n) is 6.24. The number of nitrogens with one attached hydrogen (secondary N) is 1.